The lowest BCUT2D eigenvalue weighted by Crippen LogP contribution is -2.41. The highest BCUT2D eigenvalue weighted by Crippen LogP contribution is 2.39. The summed E-state index contributed by atoms with van der Waals surface area (Å²) in [4.78, 5) is 15.7. The molecule has 1 aliphatic rings. The molecular formula is C18H21FN2O8S3. The fourth-order valence-corrected chi connectivity index (χ4v) is 5.43. The molecule has 14 heteroatoms. The van der Waals surface area contributed by atoms with E-state index < -0.39 is 48.7 Å². The van der Waals surface area contributed by atoms with Gasteiger partial charge in [-0.25, -0.2) is 22.6 Å². The summed E-state index contributed by atoms with van der Waals surface area (Å²) in [5.41, 5.74) is 0.312. The largest absolute Gasteiger partial charge is 0.493 e. The van der Waals surface area contributed by atoms with E-state index >= 15 is 4.39 Å². The van der Waals surface area contributed by atoms with Gasteiger partial charge in [0.1, 0.15) is 28.2 Å². The molecule has 10 nitrogen and oxygen atoms in total. The normalized spacial score (nSPS) is 16.7. The highest BCUT2D eigenvalue weighted by atomic mass is 32.2. The monoisotopic (exact) mass is 508 g/mol. The molecule has 0 aliphatic carbocycles. The Morgan fingerprint density at radius 1 is 1.28 bits per heavy atom. The van der Waals surface area contributed by atoms with Crippen LogP contribution in [0.1, 0.15) is 38.9 Å². The molecule has 0 fully saturated rings. The molecule has 0 saturated carbocycles. The van der Waals surface area contributed by atoms with Crippen LogP contribution in [0.4, 0.5) is 15.0 Å². The third-order valence-electron chi connectivity index (χ3n) is 4.04. The number of rotatable bonds is 5. The number of thiazole rings is 1. The molecule has 0 N–H and O–H groups in total. The molecule has 1 unspecified atom stereocenters. The highest BCUT2D eigenvalue weighted by molar-refractivity contribution is 7.93. The molecule has 1 aromatic carbocycles. The molecule has 3 rings (SSSR count). The molecule has 2 aromatic rings. The summed E-state index contributed by atoms with van der Waals surface area (Å²) in [6.45, 7) is 4.66. The first-order valence-corrected chi connectivity index (χ1v) is 13.4. The Balaban J connectivity index is 2.09. The van der Waals surface area contributed by atoms with E-state index in [1.807, 2.05) is 0 Å². The number of carbonyl (C=O) groups is 1. The third-order valence-corrected chi connectivity index (χ3v) is 6.89. The Labute approximate surface area is 189 Å². The van der Waals surface area contributed by atoms with Crippen LogP contribution >= 0.6 is 11.3 Å². The minimum Gasteiger partial charge on any atom is -0.493 e. The molecule has 1 aromatic heterocycles. The maximum absolute atomic E-state index is 15.0. The molecule has 176 valence electrons. The number of hydrogen-bond acceptors (Lipinski definition) is 10. The van der Waals surface area contributed by atoms with Crippen molar-refractivity contribution in [1.29, 1.82) is 0 Å². The van der Waals surface area contributed by atoms with Crippen molar-refractivity contribution in [2.24, 2.45) is 0 Å². The highest BCUT2D eigenvalue weighted by Gasteiger charge is 2.39. The second kappa shape index (κ2) is 8.57. The second-order valence-corrected chi connectivity index (χ2v) is 11.9. The van der Waals surface area contributed by atoms with E-state index in [1.165, 1.54) is 10.9 Å². The van der Waals surface area contributed by atoms with E-state index in [0.717, 1.165) is 29.7 Å². The average Bonchev–Trinajstić information content (AvgIpc) is 3.12. The van der Waals surface area contributed by atoms with Gasteiger partial charge < -0.3 is 9.47 Å². The van der Waals surface area contributed by atoms with Crippen LogP contribution in [0, 0.1) is 5.82 Å². The topological polar surface area (TPSA) is 129 Å². The summed E-state index contributed by atoms with van der Waals surface area (Å²) in [5.74, 6) is -1.56. The molecule has 1 amide bonds. The maximum Gasteiger partial charge on any atom is 0.430 e. The minimum atomic E-state index is -4.82. The number of nitrogens with zero attached hydrogens (tertiary/aromatic N) is 2. The lowest BCUT2D eigenvalue weighted by Gasteiger charge is -2.28. The zero-order valence-corrected chi connectivity index (χ0v) is 20.0. The smallest absolute Gasteiger partial charge is 0.430 e. The first-order chi connectivity index (χ1) is 14.7. The van der Waals surface area contributed by atoms with Crippen molar-refractivity contribution in [3.63, 3.8) is 0 Å². The summed E-state index contributed by atoms with van der Waals surface area (Å²) in [7, 11) is -8.69. The Kier molecular flexibility index (Phi) is 6.52. The number of benzene rings is 1. The Bertz CT molecular complexity index is 1220. The number of fused-ring (bicyclic) bond motifs is 1. The maximum atomic E-state index is 15.0. The third kappa shape index (κ3) is 5.36. The number of aromatic nitrogens is 1. The van der Waals surface area contributed by atoms with Crippen molar-refractivity contribution >= 4 is 43.4 Å². The second-order valence-electron chi connectivity index (χ2n) is 7.84. The summed E-state index contributed by atoms with van der Waals surface area (Å²) < 4.78 is 80.6. The molecule has 0 saturated heterocycles. The summed E-state index contributed by atoms with van der Waals surface area (Å²) in [6.07, 6.45) is -1.33. The van der Waals surface area contributed by atoms with Crippen molar-refractivity contribution in [1.82, 2.24) is 4.98 Å². The standard InChI is InChI=1S/C18H21FN2O8S3/c1-18(2,3)28-17(22)21(16-9-30-10-20-16)32(25,26)15-8-14-11(7-12(15)19)13(5-6-27-14)29-31(4,23)24/h7-10,13H,5-6H2,1-4H3. The number of sulfonamides is 1. The van der Waals surface area contributed by atoms with Crippen LogP contribution < -0.4 is 9.04 Å². The van der Waals surface area contributed by atoms with Crippen molar-refractivity contribution in [3.05, 3.63) is 34.4 Å². The van der Waals surface area contributed by atoms with Crippen LogP contribution in [0.3, 0.4) is 0 Å². The molecule has 32 heavy (non-hydrogen) atoms. The molecule has 0 radical (unpaired) electrons. The van der Waals surface area contributed by atoms with Crippen LogP contribution in [0.25, 0.3) is 0 Å². The quantitative estimate of drug-likeness (QED) is 0.559. The Hall–Kier alpha value is -2.29. The van der Waals surface area contributed by atoms with E-state index in [0.29, 0.717) is 0 Å². The Morgan fingerprint density at radius 2 is 1.97 bits per heavy atom. The van der Waals surface area contributed by atoms with E-state index in [2.05, 4.69) is 4.98 Å². The molecule has 1 atom stereocenters. The molecular weight excluding hydrogens is 487 g/mol. The van der Waals surface area contributed by atoms with Gasteiger partial charge >= 0.3 is 6.09 Å². The number of ether oxygens (including phenoxy) is 2. The van der Waals surface area contributed by atoms with Crippen molar-refractivity contribution in [2.75, 3.05) is 17.2 Å². The van der Waals surface area contributed by atoms with Gasteiger partial charge in [-0.05, 0) is 26.8 Å². The van der Waals surface area contributed by atoms with Gasteiger partial charge in [-0.2, -0.15) is 8.42 Å². The van der Waals surface area contributed by atoms with Gasteiger partial charge in [-0.15, -0.1) is 15.6 Å². The van der Waals surface area contributed by atoms with Crippen molar-refractivity contribution < 1.29 is 39.7 Å². The van der Waals surface area contributed by atoms with Crippen LogP contribution in [0.5, 0.6) is 5.75 Å². The number of hydrogen-bond donors (Lipinski definition) is 0. The van der Waals surface area contributed by atoms with Crippen molar-refractivity contribution in [3.8, 4) is 5.75 Å². The van der Waals surface area contributed by atoms with E-state index in [9.17, 15) is 21.6 Å². The number of anilines is 1. The van der Waals surface area contributed by atoms with Crippen LogP contribution in [0.2, 0.25) is 0 Å². The van der Waals surface area contributed by atoms with E-state index in [4.69, 9.17) is 13.7 Å². The predicted molar refractivity (Wildman–Crippen MR) is 113 cm³/mol. The fourth-order valence-electron chi connectivity index (χ4n) is 2.89. The van der Waals surface area contributed by atoms with Crippen LogP contribution in [-0.4, -0.2) is 46.4 Å². The number of halogens is 1. The molecule has 0 bridgehead atoms. The predicted octanol–water partition coefficient (Wildman–Crippen LogP) is 3.21. The lowest BCUT2D eigenvalue weighted by molar-refractivity contribution is 0.0608. The zero-order valence-electron chi connectivity index (χ0n) is 17.6. The molecule has 1 aliphatic heterocycles. The number of carbonyl (C=O) groups excluding carboxylic acids is 1. The summed E-state index contributed by atoms with van der Waals surface area (Å²) >= 11 is 1.03. The first-order valence-electron chi connectivity index (χ1n) is 9.20. The van der Waals surface area contributed by atoms with Gasteiger partial charge in [-0.3, -0.25) is 4.18 Å². The van der Waals surface area contributed by atoms with Crippen LogP contribution in [-0.2, 0) is 29.1 Å². The van der Waals surface area contributed by atoms with Gasteiger partial charge in [-0.1, -0.05) is 0 Å². The van der Waals surface area contributed by atoms with Gasteiger partial charge in [0.25, 0.3) is 20.1 Å². The van der Waals surface area contributed by atoms with Gasteiger partial charge in [0, 0.05) is 23.4 Å². The van der Waals surface area contributed by atoms with Gasteiger partial charge in [0.2, 0.25) is 0 Å². The number of amides is 1. The van der Waals surface area contributed by atoms with Crippen molar-refractivity contribution in [2.45, 2.75) is 43.8 Å². The first kappa shape index (κ1) is 24.4. The molecule has 2 heterocycles. The summed E-state index contributed by atoms with van der Waals surface area (Å²) in [5, 5.41) is 1.30. The van der Waals surface area contributed by atoms with E-state index in [-0.39, 0.29) is 34.5 Å². The molecule has 0 spiro atoms. The average molecular weight is 509 g/mol. The minimum absolute atomic E-state index is 0.0141. The van der Waals surface area contributed by atoms with E-state index in [1.54, 1.807) is 20.8 Å². The summed E-state index contributed by atoms with van der Waals surface area (Å²) in [6, 6.07) is 1.72. The van der Waals surface area contributed by atoms with Crippen LogP contribution in [0.15, 0.2) is 27.9 Å². The lowest BCUT2D eigenvalue weighted by atomic mass is 10.0. The zero-order chi connectivity index (χ0) is 23.9. The fraction of sp³-hybridized carbons (Fsp3) is 0.444. The van der Waals surface area contributed by atoms with Gasteiger partial charge in [0.15, 0.2) is 5.82 Å². The Morgan fingerprint density at radius 3 is 2.53 bits per heavy atom. The van der Waals surface area contributed by atoms with Gasteiger partial charge in [0.05, 0.1) is 18.4 Å². The SMILES string of the molecule is CC(C)(C)OC(=O)N(c1cscn1)S(=O)(=O)c1cc2c(cc1F)C(OS(C)(=O)=O)CCO2.